The first-order chi connectivity index (χ1) is 18.8. The Labute approximate surface area is 233 Å². The molecular formula is C29H25ClN2O6S. The minimum Gasteiger partial charge on any atom is -0.497 e. The Morgan fingerprint density at radius 3 is 2.59 bits per heavy atom. The van der Waals surface area contributed by atoms with E-state index in [1.807, 2.05) is 18.2 Å². The highest BCUT2D eigenvalue weighted by Gasteiger charge is 2.35. The van der Waals surface area contributed by atoms with E-state index in [1.54, 1.807) is 63.4 Å². The van der Waals surface area contributed by atoms with Crippen LogP contribution in [0.1, 0.15) is 31.2 Å². The van der Waals surface area contributed by atoms with E-state index in [4.69, 9.17) is 30.2 Å². The van der Waals surface area contributed by atoms with Crippen LogP contribution in [-0.4, -0.2) is 31.4 Å². The van der Waals surface area contributed by atoms with Crippen molar-refractivity contribution in [2.24, 2.45) is 4.99 Å². The van der Waals surface area contributed by atoms with E-state index in [-0.39, 0.29) is 17.7 Å². The SMILES string of the molecule is CCOC(=O)C1=C(C)N=c2sc(=Cc3ccc(-c4ccc(Cl)cc4)o3)c(=O)n2C1c1cc(OC)ccc1OC. The molecule has 0 spiro atoms. The van der Waals surface area contributed by atoms with Crippen molar-refractivity contribution in [1.29, 1.82) is 0 Å². The summed E-state index contributed by atoms with van der Waals surface area (Å²) < 4.78 is 24.3. The molecule has 1 atom stereocenters. The van der Waals surface area contributed by atoms with E-state index >= 15 is 0 Å². The maximum Gasteiger partial charge on any atom is 0.338 e. The molecule has 0 saturated carbocycles. The highest BCUT2D eigenvalue weighted by atomic mass is 35.5. The molecule has 2 aromatic carbocycles. The summed E-state index contributed by atoms with van der Waals surface area (Å²) in [6.45, 7) is 3.64. The number of hydrogen-bond acceptors (Lipinski definition) is 8. The lowest BCUT2D eigenvalue weighted by atomic mass is 9.95. The molecule has 0 saturated heterocycles. The number of furan rings is 1. The molecule has 8 nitrogen and oxygen atoms in total. The van der Waals surface area contributed by atoms with E-state index in [0.29, 0.717) is 48.6 Å². The van der Waals surface area contributed by atoms with Crippen molar-refractivity contribution >= 4 is 35.0 Å². The minimum absolute atomic E-state index is 0.177. The van der Waals surface area contributed by atoms with Gasteiger partial charge in [0, 0.05) is 22.2 Å². The lowest BCUT2D eigenvalue weighted by Crippen LogP contribution is -2.40. The molecule has 1 unspecified atom stereocenters. The molecule has 2 aromatic heterocycles. The van der Waals surface area contributed by atoms with Crippen LogP contribution < -0.4 is 24.4 Å². The van der Waals surface area contributed by atoms with Gasteiger partial charge in [0.1, 0.15) is 29.1 Å². The summed E-state index contributed by atoms with van der Waals surface area (Å²) in [6, 6.07) is 15.3. The highest BCUT2D eigenvalue weighted by molar-refractivity contribution is 7.07. The largest absolute Gasteiger partial charge is 0.497 e. The monoisotopic (exact) mass is 564 g/mol. The van der Waals surface area contributed by atoms with Crippen molar-refractivity contribution in [2.45, 2.75) is 19.9 Å². The molecule has 10 heteroatoms. The fourth-order valence-electron chi connectivity index (χ4n) is 4.47. The highest BCUT2D eigenvalue weighted by Crippen LogP contribution is 2.37. The Morgan fingerprint density at radius 1 is 1.13 bits per heavy atom. The number of thiazole rings is 1. The van der Waals surface area contributed by atoms with Crippen LogP contribution in [-0.2, 0) is 9.53 Å². The Hall–Kier alpha value is -4.08. The van der Waals surface area contributed by atoms with Crippen molar-refractivity contribution in [3.8, 4) is 22.8 Å². The summed E-state index contributed by atoms with van der Waals surface area (Å²) in [6.07, 6.45) is 1.67. The average Bonchev–Trinajstić information content (AvgIpc) is 3.52. The molecule has 0 radical (unpaired) electrons. The second kappa shape index (κ2) is 11.0. The normalized spacial score (nSPS) is 15.1. The van der Waals surface area contributed by atoms with E-state index in [0.717, 1.165) is 5.56 Å². The van der Waals surface area contributed by atoms with Crippen LogP contribution in [0.2, 0.25) is 5.02 Å². The third-order valence-electron chi connectivity index (χ3n) is 6.28. The van der Waals surface area contributed by atoms with Gasteiger partial charge in [0.15, 0.2) is 4.80 Å². The number of fused-ring (bicyclic) bond motifs is 1. The molecule has 5 rings (SSSR count). The standard InChI is InChI=1S/C29H25ClN2O6S/c1-5-37-28(34)25-16(2)31-29-32(26(25)21-14-19(35-3)10-13-23(21)36-4)27(33)24(39-29)15-20-11-12-22(38-20)17-6-8-18(30)9-7-17/h6-15,26H,5H2,1-4H3. The number of nitrogens with zero attached hydrogens (tertiary/aromatic N) is 2. The molecule has 0 N–H and O–H groups in total. The maximum absolute atomic E-state index is 13.9. The fourth-order valence-corrected chi connectivity index (χ4v) is 5.62. The topological polar surface area (TPSA) is 92.3 Å². The van der Waals surface area contributed by atoms with Crippen LogP contribution in [0, 0.1) is 0 Å². The van der Waals surface area contributed by atoms with E-state index in [1.165, 1.54) is 23.0 Å². The third-order valence-corrected chi connectivity index (χ3v) is 7.51. The van der Waals surface area contributed by atoms with Crippen molar-refractivity contribution < 1.29 is 23.4 Å². The number of rotatable bonds is 7. The smallest absolute Gasteiger partial charge is 0.338 e. The first-order valence-corrected chi connectivity index (χ1v) is 13.3. The van der Waals surface area contributed by atoms with E-state index < -0.39 is 12.0 Å². The number of carbonyl (C=O) groups excluding carboxylic acids is 1. The Kier molecular flexibility index (Phi) is 7.45. The minimum atomic E-state index is -0.839. The third kappa shape index (κ3) is 5.03. The lowest BCUT2D eigenvalue weighted by molar-refractivity contribution is -0.139. The number of carbonyl (C=O) groups is 1. The number of methoxy groups -OCH3 is 2. The van der Waals surface area contributed by atoms with Gasteiger partial charge in [-0.1, -0.05) is 22.9 Å². The summed E-state index contributed by atoms with van der Waals surface area (Å²) in [5, 5.41) is 0.631. The van der Waals surface area contributed by atoms with Gasteiger partial charge in [-0.15, -0.1) is 0 Å². The molecular weight excluding hydrogens is 540 g/mol. The molecule has 1 aliphatic rings. The van der Waals surface area contributed by atoms with Gasteiger partial charge in [-0.2, -0.15) is 0 Å². The van der Waals surface area contributed by atoms with Crippen LogP contribution in [0.3, 0.4) is 0 Å². The second-order valence-corrected chi connectivity index (χ2v) is 10.1. The van der Waals surface area contributed by atoms with Gasteiger partial charge >= 0.3 is 5.97 Å². The summed E-state index contributed by atoms with van der Waals surface area (Å²) in [5.74, 6) is 1.63. The van der Waals surface area contributed by atoms with Crippen LogP contribution in [0.5, 0.6) is 11.5 Å². The average molecular weight is 565 g/mol. The number of hydrogen-bond donors (Lipinski definition) is 0. The van der Waals surface area contributed by atoms with Crippen LogP contribution in [0.4, 0.5) is 0 Å². The lowest BCUT2D eigenvalue weighted by Gasteiger charge is -2.26. The fraction of sp³-hybridized carbons (Fsp3) is 0.207. The van der Waals surface area contributed by atoms with Gasteiger partial charge in [-0.25, -0.2) is 9.79 Å². The summed E-state index contributed by atoms with van der Waals surface area (Å²) in [7, 11) is 3.08. The molecule has 0 aliphatic carbocycles. The van der Waals surface area contributed by atoms with Gasteiger partial charge in [-0.05, 0) is 68.4 Å². The first-order valence-electron chi connectivity index (χ1n) is 12.1. The molecule has 39 heavy (non-hydrogen) atoms. The van der Waals surface area contributed by atoms with Gasteiger partial charge < -0.3 is 18.6 Å². The van der Waals surface area contributed by atoms with E-state index in [2.05, 4.69) is 4.99 Å². The summed E-state index contributed by atoms with van der Waals surface area (Å²) in [4.78, 5) is 32.1. The predicted molar refractivity (Wildman–Crippen MR) is 149 cm³/mol. The number of benzene rings is 2. The molecule has 1 aliphatic heterocycles. The zero-order valence-electron chi connectivity index (χ0n) is 21.7. The molecule has 200 valence electrons. The van der Waals surface area contributed by atoms with E-state index in [9.17, 15) is 9.59 Å². The number of esters is 1. The summed E-state index contributed by atoms with van der Waals surface area (Å²) in [5.41, 5.74) is 1.82. The number of allylic oxidation sites excluding steroid dienone is 1. The molecule has 4 aromatic rings. The maximum atomic E-state index is 13.9. The Morgan fingerprint density at radius 2 is 1.90 bits per heavy atom. The molecule has 3 heterocycles. The van der Waals surface area contributed by atoms with Crippen LogP contribution in [0.15, 0.2) is 80.1 Å². The van der Waals surface area contributed by atoms with Crippen molar-refractivity contribution in [2.75, 3.05) is 20.8 Å². The zero-order valence-corrected chi connectivity index (χ0v) is 23.3. The molecule has 0 fully saturated rings. The van der Waals surface area contributed by atoms with Crippen molar-refractivity contribution in [3.05, 3.63) is 102 Å². The molecule has 0 amide bonds. The van der Waals surface area contributed by atoms with Crippen molar-refractivity contribution in [3.63, 3.8) is 0 Å². The Balaban J connectivity index is 1.68. The second-order valence-electron chi connectivity index (χ2n) is 8.62. The predicted octanol–water partition coefficient (Wildman–Crippen LogP) is 4.73. The quantitative estimate of drug-likeness (QED) is 0.301. The van der Waals surface area contributed by atoms with Gasteiger partial charge in [0.25, 0.3) is 5.56 Å². The van der Waals surface area contributed by atoms with Crippen LogP contribution in [0.25, 0.3) is 17.4 Å². The van der Waals surface area contributed by atoms with Gasteiger partial charge in [0.05, 0.1) is 36.6 Å². The zero-order chi connectivity index (χ0) is 27.7. The summed E-state index contributed by atoms with van der Waals surface area (Å²) >= 11 is 7.21. The Bertz CT molecular complexity index is 1760. The van der Waals surface area contributed by atoms with Gasteiger partial charge in [0.2, 0.25) is 0 Å². The number of halogens is 1. The molecule has 0 bridgehead atoms. The number of ether oxygens (including phenoxy) is 3. The van der Waals surface area contributed by atoms with Crippen LogP contribution >= 0.6 is 22.9 Å². The van der Waals surface area contributed by atoms with Gasteiger partial charge in [-0.3, -0.25) is 9.36 Å². The first kappa shape index (κ1) is 26.5. The van der Waals surface area contributed by atoms with Crippen molar-refractivity contribution in [1.82, 2.24) is 4.57 Å². The number of aromatic nitrogens is 1.